The van der Waals surface area contributed by atoms with E-state index in [1.54, 1.807) is 6.07 Å². The van der Waals surface area contributed by atoms with E-state index in [1.807, 2.05) is 6.07 Å². The molecule has 0 fully saturated rings. The summed E-state index contributed by atoms with van der Waals surface area (Å²) in [7, 11) is -3.85. The molecule has 0 radical (unpaired) electrons. The number of nitrogens with two attached hydrogens (primary N) is 1. The van der Waals surface area contributed by atoms with Crippen molar-refractivity contribution in [2.75, 3.05) is 10.5 Å². The minimum atomic E-state index is -3.85. The lowest BCUT2D eigenvalue weighted by molar-refractivity contribution is 0.601. The Balaban J connectivity index is 2.40. The number of hydrogen-bond acceptors (Lipinski definition) is 4. The smallest absolute Gasteiger partial charge is 0.263 e. The molecule has 8 heteroatoms. The van der Waals surface area contributed by atoms with Crippen LogP contribution in [-0.2, 0) is 10.0 Å². The molecule has 0 atom stereocenters. The van der Waals surface area contributed by atoms with Crippen molar-refractivity contribution in [2.24, 2.45) is 0 Å². The number of nitriles is 1. The van der Waals surface area contributed by atoms with Crippen molar-refractivity contribution in [1.82, 2.24) is 0 Å². The summed E-state index contributed by atoms with van der Waals surface area (Å²) in [5.74, 6) is 0. The predicted octanol–water partition coefficient (Wildman–Crippen LogP) is 3.36. The molecule has 0 amide bonds. The SMILES string of the molecule is N#Cc1cc(NS(=O)(=O)c2ccc(Br)cc2N)ccc1Cl. The fraction of sp³-hybridized carbons (Fsp3) is 0. The maximum atomic E-state index is 12.3. The summed E-state index contributed by atoms with van der Waals surface area (Å²) in [5.41, 5.74) is 6.25. The van der Waals surface area contributed by atoms with Crippen molar-refractivity contribution >= 4 is 48.9 Å². The number of anilines is 2. The van der Waals surface area contributed by atoms with Gasteiger partial charge in [0.1, 0.15) is 11.0 Å². The molecule has 108 valence electrons. The Labute approximate surface area is 135 Å². The van der Waals surface area contributed by atoms with Gasteiger partial charge < -0.3 is 5.73 Å². The average molecular weight is 387 g/mol. The highest BCUT2D eigenvalue weighted by Gasteiger charge is 2.18. The second-order valence-electron chi connectivity index (χ2n) is 4.09. The minimum Gasteiger partial charge on any atom is -0.398 e. The molecule has 3 N–H and O–H groups in total. The van der Waals surface area contributed by atoms with Gasteiger partial charge in [0.05, 0.1) is 22.0 Å². The lowest BCUT2D eigenvalue weighted by Crippen LogP contribution is -2.14. The molecule has 0 aliphatic rings. The van der Waals surface area contributed by atoms with Gasteiger partial charge in [-0.3, -0.25) is 4.72 Å². The van der Waals surface area contributed by atoms with E-state index in [-0.39, 0.29) is 26.9 Å². The fourth-order valence-electron chi connectivity index (χ4n) is 1.65. The van der Waals surface area contributed by atoms with Crippen molar-refractivity contribution in [3.05, 3.63) is 51.5 Å². The summed E-state index contributed by atoms with van der Waals surface area (Å²) >= 11 is 9.01. The van der Waals surface area contributed by atoms with Gasteiger partial charge in [-0.25, -0.2) is 8.42 Å². The van der Waals surface area contributed by atoms with E-state index < -0.39 is 10.0 Å². The Kier molecular flexibility index (Phi) is 4.42. The van der Waals surface area contributed by atoms with Crippen LogP contribution in [0.4, 0.5) is 11.4 Å². The van der Waals surface area contributed by atoms with E-state index in [4.69, 9.17) is 22.6 Å². The van der Waals surface area contributed by atoms with Crippen molar-refractivity contribution in [3.63, 3.8) is 0 Å². The zero-order valence-electron chi connectivity index (χ0n) is 10.5. The highest BCUT2D eigenvalue weighted by Crippen LogP contribution is 2.26. The molecule has 0 aromatic heterocycles. The second-order valence-corrected chi connectivity index (χ2v) is 7.07. The first kappa shape index (κ1) is 15.6. The standard InChI is InChI=1S/C13H9BrClN3O2S/c14-9-1-4-13(12(17)6-9)21(19,20)18-10-2-3-11(15)8(5-10)7-16/h1-6,18H,17H2. The van der Waals surface area contributed by atoms with Crippen LogP contribution < -0.4 is 10.5 Å². The van der Waals surface area contributed by atoms with Crippen molar-refractivity contribution < 1.29 is 8.42 Å². The molecule has 21 heavy (non-hydrogen) atoms. The Morgan fingerprint density at radius 2 is 1.95 bits per heavy atom. The normalized spacial score (nSPS) is 10.9. The molecule has 0 unspecified atom stereocenters. The minimum absolute atomic E-state index is 0.0424. The first-order valence-electron chi connectivity index (χ1n) is 5.61. The topological polar surface area (TPSA) is 96.0 Å². The van der Waals surface area contributed by atoms with Gasteiger partial charge in [-0.05, 0) is 36.4 Å². The quantitative estimate of drug-likeness (QED) is 0.791. The largest absolute Gasteiger partial charge is 0.398 e. The predicted molar refractivity (Wildman–Crippen MR) is 85.5 cm³/mol. The summed E-state index contributed by atoms with van der Waals surface area (Å²) < 4.78 is 27.6. The summed E-state index contributed by atoms with van der Waals surface area (Å²) in [6.45, 7) is 0. The zero-order valence-corrected chi connectivity index (χ0v) is 13.6. The molecule has 5 nitrogen and oxygen atoms in total. The van der Waals surface area contributed by atoms with E-state index in [1.165, 1.54) is 30.3 Å². The second kappa shape index (κ2) is 5.93. The number of hydrogen-bond donors (Lipinski definition) is 2. The Morgan fingerprint density at radius 1 is 1.24 bits per heavy atom. The molecular formula is C13H9BrClN3O2S. The third-order valence-electron chi connectivity index (χ3n) is 2.60. The molecule has 0 aliphatic heterocycles. The van der Waals surface area contributed by atoms with Crippen LogP contribution in [0, 0.1) is 11.3 Å². The van der Waals surface area contributed by atoms with Gasteiger partial charge in [-0.2, -0.15) is 5.26 Å². The van der Waals surface area contributed by atoms with Gasteiger partial charge in [0.2, 0.25) is 0 Å². The Hall–Kier alpha value is -1.75. The summed E-state index contributed by atoms with van der Waals surface area (Å²) in [4.78, 5) is -0.0424. The lowest BCUT2D eigenvalue weighted by Gasteiger charge is -2.11. The third kappa shape index (κ3) is 3.47. The number of nitrogen functional groups attached to an aromatic ring is 1. The number of nitrogens with one attached hydrogen (secondary N) is 1. The van der Waals surface area contributed by atoms with Crippen LogP contribution in [0.25, 0.3) is 0 Å². The van der Waals surface area contributed by atoms with E-state index >= 15 is 0 Å². The third-order valence-corrected chi connectivity index (χ3v) is 4.88. The maximum Gasteiger partial charge on any atom is 0.263 e. The highest BCUT2D eigenvalue weighted by molar-refractivity contribution is 9.10. The van der Waals surface area contributed by atoms with Gasteiger partial charge in [-0.15, -0.1) is 0 Å². The number of sulfonamides is 1. The molecule has 0 bridgehead atoms. The van der Waals surface area contributed by atoms with Crippen LogP contribution in [-0.4, -0.2) is 8.42 Å². The summed E-state index contributed by atoms with van der Waals surface area (Å²) in [6, 6.07) is 10.6. The van der Waals surface area contributed by atoms with Crippen LogP contribution in [0.5, 0.6) is 0 Å². The molecule has 2 aromatic rings. The van der Waals surface area contributed by atoms with Gasteiger partial charge in [0, 0.05) is 4.47 Å². The first-order valence-corrected chi connectivity index (χ1v) is 8.26. The van der Waals surface area contributed by atoms with Gasteiger partial charge in [0.15, 0.2) is 0 Å². The van der Waals surface area contributed by atoms with Gasteiger partial charge >= 0.3 is 0 Å². The maximum absolute atomic E-state index is 12.3. The molecule has 0 saturated carbocycles. The van der Waals surface area contributed by atoms with Crippen LogP contribution in [0.2, 0.25) is 5.02 Å². The van der Waals surface area contributed by atoms with Crippen molar-refractivity contribution in [2.45, 2.75) is 4.90 Å². The lowest BCUT2D eigenvalue weighted by atomic mass is 10.2. The molecule has 0 spiro atoms. The number of halogens is 2. The van der Waals surface area contributed by atoms with E-state index in [0.717, 1.165) is 0 Å². The zero-order chi connectivity index (χ0) is 15.6. The van der Waals surface area contributed by atoms with Crippen LogP contribution >= 0.6 is 27.5 Å². The van der Waals surface area contributed by atoms with Crippen molar-refractivity contribution in [1.29, 1.82) is 5.26 Å². The number of rotatable bonds is 3. The molecule has 0 aliphatic carbocycles. The number of benzene rings is 2. The van der Waals surface area contributed by atoms with E-state index in [9.17, 15) is 8.42 Å². The van der Waals surface area contributed by atoms with E-state index in [0.29, 0.717) is 4.47 Å². The fourth-order valence-corrected chi connectivity index (χ4v) is 3.35. The number of nitrogens with zero attached hydrogens (tertiary/aromatic N) is 1. The van der Waals surface area contributed by atoms with Crippen LogP contribution in [0.15, 0.2) is 45.8 Å². The first-order chi connectivity index (χ1) is 9.83. The van der Waals surface area contributed by atoms with E-state index in [2.05, 4.69) is 20.7 Å². The molecule has 2 rings (SSSR count). The van der Waals surface area contributed by atoms with Crippen LogP contribution in [0.3, 0.4) is 0 Å². The monoisotopic (exact) mass is 385 g/mol. The summed E-state index contributed by atoms with van der Waals surface area (Å²) in [6.07, 6.45) is 0. The van der Waals surface area contributed by atoms with Gasteiger partial charge in [-0.1, -0.05) is 27.5 Å². The molecule has 0 saturated heterocycles. The Morgan fingerprint density at radius 3 is 2.57 bits per heavy atom. The average Bonchev–Trinajstić information content (AvgIpc) is 2.40. The molecule has 0 heterocycles. The molecule has 2 aromatic carbocycles. The highest BCUT2D eigenvalue weighted by atomic mass is 79.9. The molecular weight excluding hydrogens is 378 g/mol. The summed E-state index contributed by atoms with van der Waals surface area (Å²) in [5, 5.41) is 9.15. The Bertz CT molecular complexity index is 847. The van der Waals surface area contributed by atoms with Gasteiger partial charge in [0.25, 0.3) is 10.0 Å². The van der Waals surface area contributed by atoms with Crippen molar-refractivity contribution in [3.8, 4) is 6.07 Å². The van der Waals surface area contributed by atoms with Crippen LogP contribution in [0.1, 0.15) is 5.56 Å².